The van der Waals surface area contributed by atoms with Crippen molar-refractivity contribution in [2.45, 2.75) is 51.2 Å². The van der Waals surface area contributed by atoms with E-state index in [1.165, 1.54) is 36.3 Å². The van der Waals surface area contributed by atoms with Gasteiger partial charge in [0.2, 0.25) is 5.91 Å². The van der Waals surface area contributed by atoms with Crippen LogP contribution in [0.4, 0.5) is 9.18 Å². The molecule has 0 saturated carbocycles. The lowest BCUT2D eigenvalue weighted by molar-refractivity contribution is -0.418. The highest BCUT2D eigenvalue weighted by atomic mass is 19.1. The first-order valence-electron chi connectivity index (χ1n) is 12.4. The number of hydrogen-bond acceptors (Lipinski definition) is 8. The van der Waals surface area contributed by atoms with Crippen molar-refractivity contribution in [3.63, 3.8) is 0 Å². The highest BCUT2D eigenvalue weighted by Gasteiger charge is 2.35. The summed E-state index contributed by atoms with van der Waals surface area (Å²) in [4.78, 5) is 37.1. The molecule has 2 fully saturated rings. The number of halogens is 1. The summed E-state index contributed by atoms with van der Waals surface area (Å²) in [6.45, 7) is 8.25. The summed E-state index contributed by atoms with van der Waals surface area (Å²) in [6, 6.07) is 2.27. The summed E-state index contributed by atoms with van der Waals surface area (Å²) in [6.07, 6.45) is 9.45. The second kappa shape index (κ2) is 14.7. The summed E-state index contributed by atoms with van der Waals surface area (Å²) >= 11 is 0. The van der Waals surface area contributed by atoms with E-state index in [1.807, 2.05) is 17.9 Å². The van der Waals surface area contributed by atoms with Crippen molar-refractivity contribution >= 4 is 12.0 Å². The van der Waals surface area contributed by atoms with Gasteiger partial charge in [0.05, 0.1) is 24.1 Å². The van der Waals surface area contributed by atoms with Crippen LogP contribution in [0.15, 0.2) is 60.4 Å². The molecule has 2 amide bonds. The predicted molar refractivity (Wildman–Crippen MR) is 139 cm³/mol. The second-order valence-corrected chi connectivity index (χ2v) is 9.04. The fourth-order valence-corrected chi connectivity index (χ4v) is 4.09. The quantitative estimate of drug-likeness (QED) is 0.210. The average Bonchev–Trinajstić information content (AvgIpc) is 3.26. The van der Waals surface area contributed by atoms with Crippen molar-refractivity contribution in [3.05, 3.63) is 70.5 Å². The number of nitro groups is 1. The smallest absolute Gasteiger partial charge is 0.414 e. The fraction of sp³-hybridized carbons (Fsp3) is 0.500. The van der Waals surface area contributed by atoms with E-state index in [2.05, 4.69) is 23.3 Å². The van der Waals surface area contributed by atoms with E-state index >= 15 is 0 Å². The van der Waals surface area contributed by atoms with E-state index < -0.39 is 22.7 Å². The molecule has 2 heterocycles. The van der Waals surface area contributed by atoms with E-state index in [4.69, 9.17) is 4.74 Å². The Morgan fingerprint density at radius 2 is 2.11 bits per heavy atom. The third-order valence-corrected chi connectivity index (χ3v) is 6.21. The lowest BCUT2D eigenvalue weighted by atomic mass is 9.89. The number of nitriles is 1. The molecular weight excluding hydrogens is 495 g/mol. The Morgan fingerprint density at radius 1 is 1.39 bits per heavy atom. The molecule has 0 bridgehead atoms. The zero-order chi connectivity index (χ0) is 28.1. The van der Waals surface area contributed by atoms with E-state index in [0.29, 0.717) is 38.0 Å². The topological polar surface area (TPSA) is 141 Å². The van der Waals surface area contributed by atoms with Crippen LogP contribution in [0.25, 0.3) is 0 Å². The lowest BCUT2D eigenvalue weighted by Gasteiger charge is -2.37. The van der Waals surface area contributed by atoms with Crippen LogP contribution < -0.4 is 10.6 Å². The lowest BCUT2D eigenvalue weighted by Crippen LogP contribution is -2.50. The van der Waals surface area contributed by atoms with Crippen LogP contribution in [0.1, 0.15) is 39.5 Å². The van der Waals surface area contributed by atoms with Crippen molar-refractivity contribution < 1.29 is 23.6 Å². The third kappa shape index (κ3) is 9.15. The van der Waals surface area contributed by atoms with Crippen molar-refractivity contribution in [1.82, 2.24) is 20.4 Å². The molecule has 0 spiro atoms. The molecule has 2 aliphatic rings. The van der Waals surface area contributed by atoms with Gasteiger partial charge >= 0.3 is 6.09 Å². The summed E-state index contributed by atoms with van der Waals surface area (Å²) in [5, 5.41) is 26.2. The Morgan fingerprint density at radius 3 is 2.68 bits per heavy atom. The first kappa shape index (κ1) is 30.2. The minimum Gasteiger partial charge on any atom is -0.442 e. The standard InChI is InChI=1S/C26H35FN6O5/c1-4-7-23(32-18-24(38-25(32)35)16-29-20(3)34)10-9-21(27)17-31-14-11-26(19-28,12-15-31)30-13-6-8-22(5-2)33(36)37/h5-9,13,24,30H,2,4,10-12,14-18H2,1,3H3,(H,29,34)/b13-6+,21-9+,22-8+,23-7+. The predicted octanol–water partition coefficient (Wildman–Crippen LogP) is 3.29. The summed E-state index contributed by atoms with van der Waals surface area (Å²) in [5.74, 6) is -0.550. The summed E-state index contributed by atoms with van der Waals surface area (Å²) < 4.78 is 20.1. The Hall–Kier alpha value is -3.98. The molecule has 2 aliphatic heterocycles. The van der Waals surface area contributed by atoms with Crippen LogP contribution in [-0.4, -0.2) is 71.1 Å². The maximum Gasteiger partial charge on any atom is 0.414 e. The summed E-state index contributed by atoms with van der Waals surface area (Å²) in [5.41, 5.74) is -0.360. The number of hydrogen-bond donors (Lipinski definition) is 2. The molecule has 11 nitrogen and oxygen atoms in total. The molecule has 38 heavy (non-hydrogen) atoms. The molecule has 1 atom stereocenters. The van der Waals surface area contributed by atoms with Crippen LogP contribution in [0.2, 0.25) is 0 Å². The number of ether oxygens (including phenoxy) is 1. The van der Waals surface area contributed by atoms with Gasteiger partial charge in [-0.3, -0.25) is 24.7 Å². The van der Waals surface area contributed by atoms with Gasteiger partial charge in [0, 0.05) is 50.8 Å². The van der Waals surface area contributed by atoms with Gasteiger partial charge in [0.15, 0.2) is 0 Å². The van der Waals surface area contributed by atoms with E-state index in [-0.39, 0.29) is 43.5 Å². The van der Waals surface area contributed by atoms with Crippen LogP contribution in [0, 0.1) is 21.4 Å². The fourth-order valence-electron chi connectivity index (χ4n) is 4.09. The summed E-state index contributed by atoms with van der Waals surface area (Å²) in [7, 11) is 0. The SMILES string of the molecule is C=C/C(=C\C=C\NC1(C#N)CCN(C/C(F)=C\C/C(=C\CC)N2CC(CNC(C)=O)OC2=O)CC1)[N+](=O)[O-]. The number of carbonyl (C=O) groups is 2. The Kier molecular flexibility index (Phi) is 11.7. The van der Waals surface area contributed by atoms with Crippen LogP contribution in [0.3, 0.4) is 0 Å². The molecule has 0 radical (unpaired) electrons. The Balaban J connectivity index is 1.90. The number of cyclic esters (lactones) is 1. The zero-order valence-electron chi connectivity index (χ0n) is 21.8. The third-order valence-electron chi connectivity index (χ3n) is 6.21. The molecule has 0 aliphatic carbocycles. The number of carbonyl (C=O) groups excluding carboxylic acids is 2. The van der Waals surface area contributed by atoms with Gasteiger partial charge < -0.3 is 15.4 Å². The number of piperidine rings is 1. The number of rotatable bonds is 13. The molecule has 2 saturated heterocycles. The largest absolute Gasteiger partial charge is 0.442 e. The maximum absolute atomic E-state index is 14.8. The number of likely N-dealkylation sites (tertiary alicyclic amines) is 1. The van der Waals surface area contributed by atoms with Gasteiger partial charge in [-0.15, -0.1) is 0 Å². The van der Waals surface area contributed by atoms with Gasteiger partial charge in [0.25, 0.3) is 5.70 Å². The van der Waals surface area contributed by atoms with Gasteiger partial charge in [0.1, 0.15) is 17.5 Å². The minimum absolute atomic E-state index is 0.0840. The Bertz CT molecular complexity index is 1050. The average molecular weight is 531 g/mol. The number of amides is 2. The van der Waals surface area contributed by atoms with Gasteiger partial charge in [-0.05, 0) is 37.6 Å². The normalized spacial score (nSPS) is 20.7. The molecule has 2 N–H and O–H groups in total. The molecular formula is C26H35FN6O5. The maximum atomic E-state index is 14.8. The van der Waals surface area contributed by atoms with Crippen molar-refractivity contribution in [1.29, 1.82) is 5.26 Å². The molecule has 12 heteroatoms. The highest BCUT2D eigenvalue weighted by Crippen LogP contribution is 2.24. The number of nitrogens with one attached hydrogen (secondary N) is 2. The van der Waals surface area contributed by atoms with Gasteiger partial charge in [-0.1, -0.05) is 19.6 Å². The molecule has 1 unspecified atom stereocenters. The molecule has 2 rings (SSSR count). The van der Waals surface area contributed by atoms with Crippen molar-refractivity contribution in [2.24, 2.45) is 0 Å². The monoisotopic (exact) mass is 530 g/mol. The van der Waals surface area contributed by atoms with Crippen molar-refractivity contribution in [3.8, 4) is 6.07 Å². The first-order chi connectivity index (χ1) is 18.1. The number of allylic oxidation sites excluding steroid dienone is 5. The van der Waals surface area contributed by atoms with E-state index in [0.717, 1.165) is 6.08 Å². The molecule has 0 aromatic heterocycles. The first-order valence-corrected chi connectivity index (χ1v) is 12.4. The second-order valence-electron chi connectivity index (χ2n) is 9.04. The van der Waals surface area contributed by atoms with E-state index in [1.54, 1.807) is 0 Å². The van der Waals surface area contributed by atoms with Crippen LogP contribution >= 0.6 is 0 Å². The van der Waals surface area contributed by atoms with Gasteiger partial charge in [-0.25, -0.2) is 9.18 Å². The highest BCUT2D eigenvalue weighted by molar-refractivity contribution is 5.74. The minimum atomic E-state index is -0.842. The van der Waals surface area contributed by atoms with Gasteiger partial charge in [-0.2, -0.15) is 5.26 Å². The van der Waals surface area contributed by atoms with Crippen molar-refractivity contribution in [2.75, 3.05) is 32.7 Å². The molecule has 0 aromatic rings. The Labute approximate surface area is 222 Å². The van der Waals surface area contributed by atoms with E-state index in [9.17, 15) is 29.4 Å². The van der Waals surface area contributed by atoms with Crippen LogP contribution in [-0.2, 0) is 9.53 Å². The molecule has 0 aromatic carbocycles. The molecule has 206 valence electrons. The zero-order valence-corrected chi connectivity index (χ0v) is 21.8. The van der Waals surface area contributed by atoms with Crippen LogP contribution in [0.5, 0.6) is 0 Å². The number of nitrogens with zero attached hydrogens (tertiary/aromatic N) is 4.